The summed E-state index contributed by atoms with van der Waals surface area (Å²) in [5.41, 5.74) is 4.85. The Labute approximate surface area is 179 Å². The molecule has 2 heterocycles. The Hall–Kier alpha value is -2.98. The van der Waals surface area contributed by atoms with Gasteiger partial charge in [0.05, 0.1) is 5.92 Å². The lowest BCUT2D eigenvalue weighted by Gasteiger charge is -2.23. The first-order valence-electron chi connectivity index (χ1n) is 10.8. The molecule has 0 radical (unpaired) electrons. The highest BCUT2D eigenvalue weighted by molar-refractivity contribution is 5.80. The van der Waals surface area contributed by atoms with Gasteiger partial charge in [0.2, 0.25) is 5.91 Å². The monoisotopic (exact) mass is 399 g/mol. The van der Waals surface area contributed by atoms with Crippen LogP contribution >= 0.6 is 0 Å². The first-order chi connectivity index (χ1) is 14.8. The van der Waals surface area contributed by atoms with E-state index in [-0.39, 0.29) is 11.8 Å². The van der Waals surface area contributed by atoms with Crippen LogP contribution < -0.4 is 5.32 Å². The molecule has 1 atom stereocenters. The van der Waals surface area contributed by atoms with Gasteiger partial charge in [-0.2, -0.15) is 0 Å². The largest absolute Gasteiger partial charge is 0.355 e. The first kappa shape index (κ1) is 20.3. The summed E-state index contributed by atoms with van der Waals surface area (Å²) in [6, 6.07) is 23.0. The predicted molar refractivity (Wildman–Crippen MR) is 121 cm³/mol. The zero-order chi connectivity index (χ0) is 20.6. The molecule has 1 aliphatic rings. The van der Waals surface area contributed by atoms with Crippen LogP contribution in [-0.2, 0) is 17.6 Å². The minimum Gasteiger partial charge on any atom is -0.355 e. The van der Waals surface area contributed by atoms with Crippen LogP contribution in [-0.4, -0.2) is 42.0 Å². The van der Waals surface area contributed by atoms with Gasteiger partial charge >= 0.3 is 0 Å². The zero-order valence-electron chi connectivity index (χ0n) is 17.3. The molecule has 4 rings (SSSR count). The van der Waals surface area contributed by atoms with Gasteiger partial charge in [-0.1, -0.05) is 60.7 Å². The predicted octanol–water partition coefficient (Wildman–Crippen LogP) is 3.97. The fourth-order valence-corrected chi connectivity index (χ4v) is 4.25. The molecular weight excluding hydrogens is 370 g/mol. The number of hydrogen-bond donors (Lipinski definition) is 1. The molecular formula is C26H29N3O. The highest BCUT2D eigenvalue weighted by Gasteiger charge is 2.25. The van der Waals surface area contributed by atoms with Gasteiger partial charge in [-0.05, 0) is 48.6 Å². The number of nitrogens with zero attached hydrogens (tertiary/aromatic N) is 2. The molecule has 3 aromatic rings. The number of pyridine rings is 1. The molecule has 1 fully saturated rings. The number of amides is 1. The van der Waals surface area contributed by atoms with E-state index < -0.39 is 0 Å². The van der Waals surface area contributed by atoms with E-state index in [1.165, 1.54) is 16.7 Å². The Morgan fingerprint density at radius 2 is 1.83 bits per heavy atom. The van der Waals surface area contributed by atoms with Gasteiger partial charge in [0.25, 0.3) is 0 Å². The Bertz CT molecular complexity index is 943. The average Bonchev–Trinajstić information content (AvgIpc) is 2.96. The van der Waals surface area contributed by atoms with Crippen molar-refractivity contribution >= 4 is 5.91 Å². The maximum Gasteiger partial charge on any atom is 0.224 e. The Morgan fingerprint density at radius 3 is 2.67 bits per heavy atom. The summed E-state index contributed by atoms with van der Waals surface area (Å²) < 4.78 is 0. The van der Waals surface area contributed by atoms with Crippen molar-refractivity contribution in [1.82, 2.24) is 15.2 Å². The summed E-state index contributed by atoms with van der Waals surface area (Å²) in [6.07, 6.45) is 6.61. The molecule has 154 valence electrons. The molecule has 1 N–H and O–H groups in total. The molecule has 1 aromatic heterocycles. The Kier molecular flexibility index (Phi) is 6.88. The van der Waals surface area contributed by atoms with Crippen LogP contribution in [0.2, 0.25) is 0 Å². The second-order valence-electron chi connectivity index (χ2n) is 7.98. The summed E-state index contributed by atoms with van der Waals surface area (Å²) in [5, 5.41) is 3.12. The lowest BCUT2D eigenvalue weighted by molar-refractivity contribution is -0.124. The normalized spacial score (nSPS) is 17.3. The van der Waals surface area contributed by atoms with Gasteiger partial charge in [0.15, 0.2) is 0 Å². The number of aromatic nitrogens is 1. The third kappa shape index (κ3) is 5.33. The number of aryl methyl sites for hydroxylation is 1. The van der Waals surface area contributed by atoms with Crippen LogP contribution in [0.15, 0.2) is 79.1 Å². The smallest absolute Gasteiger partial charge is 0.224 e. The third-order valence-electron chi connectivity index (χ3n) is 5.82. The van der Waals surface area contributed by atoms with Gasteiger partial charge in [-0.3, -0.25) is 9.78 Å². The van der Waals surface area contributed by atoms with Crippen molar-refractivity contribution in [2.24, 2.45) is 5.92 Å². The maximum atomic E-state index is 12.8. The molecule has 0 spiro atoms. The molecule has 1 saturated heterocycles. The van der Waals surface area contributed by atoms with Crippen molar-refractivity contribution in [1.29, 1.82) is 0 Å². The SMILES string of the molecule is O=C1NCCN(CCCc2ccccc2)C[C@@H]1Cc1ccccc1-c1cccnc1. The van der Waals surface area contributed by atoms with Crippen molar-refractivity contribution in [2.75, 3.05) is 26.2 Å². The fourth-order valence-electron chi connectivity index (χ4n) is 4.25. The van der Waals surface area contributed by atoms with Gasteiger partial charge in [0.1, 0.15) is 0 Å². The minimum atomic E-state index is -0.0398. The molecule has 30 heavy (non-hydrogen) atoms. The molecule has 0 saturated carbocycles. The lowest BCUT2D eigenvalue weighted by Crippen LogP contribution is -2.34. The molecule has 0 aliphatic carbocycles. The Balaban J connectivity index is 1.42. The summed E-state index contributed by atoms with van der Waals surface area (Å²) in [5.74, 6) is 0.128. The van der Waals surface area contributed by atoms with Crippen molar-refractivity contribution in [3.05, 3.63) is 90.3 Å². The summed E-state index contributed by atoms with van der Waals surface area (Å²) in [7, 11) is 0. The first-order valence-corrected chi connectivity index (χ1v) is 10.8. The number of benzene rings is 2. The fraction of sp³-hybridized carbons (Fsp3) is 0.308. The van der Waals surface area contributed by atoms with E-state index in [4.69, 9.17) is 0 Å². The summed E-state index contributed by atoms with van der Waals surface area (Å²) in [6.45, 7) is 3.47. The van der Waals surface area contributed by atoms with Gasteiger partial charge in [-0.25, -0.2) is 0 Å². The maximum absolute atomic E-state index is 12.8. The minimum absolute atomic E-state index is 0.0398. The number of carbonyl (C=O) groups excluding carboxylic acids is 1. The van der Waals surface area contributed by atoms with E-state index in [1.54, 1.807) is 6.20 Å². The molecule has 0 bridgehead atoms. The average molecular weight is 400 g/mol. The highest BCUT2D eigenvalue weighted by Crippen LogP contribution is 2.26. The van der Waals surface area contributed by atoms with E-state index >= 15 is 0 Å². The van der Waals surface area contributed by atoms with E-state index in [2.05, 4.69) is 75.9 Å². The summed E-state index contributed by atoms with van der Waals surface area (Å²) >= 11 is 0. The van der Waals surface area contributed by atoms with Crippen LogP contribution in [0.3, 0.4) is 0 Å². The van der Waals surface area contributed by atoms with Crippen molar-refractivity contribution < 1.29 is 4.79 Å². The van der Waals surface area contributed by atoms with Crippen molar-refractivity contribution in [3.63, 3.8) is 0 Å². The van der Waals surface area contributed by atoms with E-state index in [1.807, 2.05) is 12.3 Å². The number of nitrogens with one attached hydrogen (secondary N) is 1. The number of carbonyl (C=O) groups is 1. The van der Waals surface area contributed by atoms with Crippen LogP contribution in [0.4, 0.5) is 0 Å². The number of rotatable bonds is 7. The molecule has 2 aromatic carbocycles. The van der Waals surface area contributed by atoms with Gasteiger partial charge in [-0.15, -0.1) is 0 Å². The molecule has 4 nitrogen and oxygen atoms in total. The standard InChI is InChI=1S/C26H29N3O/c30-26-24(18-22-11-4-5-13-25(22)23-12-6-14-27-19-23)20-29(17-15-28-26)16-7-10-21-8-2-1-3-9-21/h1-6,8-9,11-14,19,24H,7,10,15-18,20H2,(H,28,30)/t24-/m0/s1. The van der Waals surface area contributed by atoms with E-state index in [0.717, 1.165) is 51.0 Å². The molecule has 1 aliphatic heterocycles. The molecule has 4 heteroatoms. The van der Waals surface area contributed by atoms with E-state index in [9.17, 15) is 4.79 Å². The topological polar surface area (TPSA) is 45.2 Å². The third-order valence-corrected chi connectivity index (χ3v) is 5.82. The second-order valence-corrected chi connectivity index (χ2v) is 7.98. The van der Waals surface area contributed by atoms with Crippen LogP contribution in [0, 0.1) is 5.92 Å². The van der Waals surface area contributed by atoms with Crippen molar-refractivity contribution in [2.45, 2.75) is 19.3 Å². The molecule has 1 amide bonds. The highest BCUT2D eigenvalue weighted by atomic mass is 16.1. The quantitative estimate of drug-likeness (QED) is 0.654. The van der Waals surface area contributed by atoms with Gasteiger partial charge < -0.3 is 10.2 Å². The Morgan fingerprint density at radius 1 is 1.00 bits per heavy atom. The van der Waals surface area contributed by atoms with Crippen molar-refractivity contribution in [3.8, 4) is 11.1 Å². The molecule has 0 unspecified atom stereocenters. The van der Waals surface area contributed by atoms with E-state index in [0.29, 0.717) is 0 Å². The number of hydrogen-bond acceptors (Lipinski definition) is 3. The second kappa shape index (κ2) is 10.2. The summed E-state index contributed by atoms with van der Waals surface area (Å²) in [4.78, 5) is 19.5. The lowest BCUT2D eigenvalue weighted by atomic mass is 9.92. The van der Waals surface area contributed by atoms with Crippen LogP contribution in [0.25, 0.3) is 11.1 Å². The van der Waals surface area contributed by atoms with Crippen LogP contribution in [0.5, 0.6) is 0 Å². The zero-order valence-corrected chi connectivity index (χ0v) is 17.3. The van der Waals surface area contributed by atoms with Crippen LogP contribution in [0.1, 0.15) is 17.5 Å². The van der Waals surface area contributed by atoms with Gasteiger partial charge in [0, 0.05) is 37.6 Å².